The molecule has 1 nitrogen and oxygen atoms in total. The van der Waals surface area contributed by atoms with Gasteiger partial charge in [0.05, 0.1) is 10.6 Å². The van der Waals surface area contributed by atoms with E-state index in [-0.39, 0.29) is 11.4 Å². The Kier molecular flexibility index (Phi) is 4.75. The van der Waals surface area contributed by atoms with Crippen molar-refractivity contribution in [1.29, 1.82) is 0 Å². The molecule has 0 fully saturated rings. The summed E-state index contributed by atoms with van der Waals surface area (Å²) in [7, 11) is 0. The smallest absolute Gasteiger partial charge is 0.145 e. The van der Waals surface area contributed by atoms with Crippen molar-refractivity contribution in [1.82, 2.24) is 0 Å². The highest BCUT2D eigenvalue weighted by Crippen LogP contribution is 2.34. The average molecular weight is 378 g/mol. The maximum atomic E-state index is 13.9. The fraction of sp³-hybridized carbons (Fsp3) is 0.200. The second kappa shape index (κ2) is 6.02. The highest BCUT2D eigenvalue weighted by molar-refractivity contribution is 9.10. The first-order valence-corrected chi connectivity index (χ1v) is 7.47. The van der Waals surface area contributed by atoms with Crippen LogP contribution in [0.5, 0.6) is 0 Å². The average Bonchev–Trinajstić information content (AvgIpc) is 2.34. The van der Waals surface area contributed by atoms with Crippen molar-refractivity contribution >= 4 is 39.1 Å². The molecular formula is C15H12BrCl2FO. The van der Waals surface area contributed by atoms with Gasteiger partial charge in [-0.2, -0.15) is 0 Å². The topological polar surface area (TPSA) is 20.2 Å². The fourth-order valence-electron chi connectivity index (χ4n) is 2.08. The van der Waals surface area contributed by atoms with Gasteiger partial charge in [-0.25, -0.2) is 4.39 Å². The van der Waals surface area contributed by atoms with Gasteiger partial charge in [0.25, 0.3) is 0 Å². The largest absolute Gasteiger partial charge is 0.385 e. The molecule has 0 spiro atoms. The van der Waals surface area contributed by atoms with E-state index >= 15 is 0 Å². The van der Waals surface area contributed by atoms with Gasteiger partial charge in [0.1, 0.15) is 5.82 Å². The molecule has 2 rings (SSSR count). The Hall–Kier alpha value is -0.610. The van der Waals surface area contributed by atoms with E-state index in [1.165, 1.54) is 6.07 Å². The first-order chi connectivity index (χ1) is 9.31. The van der Waals surface area contributed by atoms with Gasteiger partial charge < -0.3 is 5.11 Å². The molecule has 0 aromatic heterocycles. The van der Waals surface area contributed by atoms with Crippen LogP contribution < -0.4 is 0 Å². The molecule has 2 aromatic carbocycles. The van der Waals surface area contributed by atoms with E-state index in [0.29, 0.717) is 16.1 Å². The van der Waals surface area contributed by atoms with Gasteiger partial charge in [-0.3, -0.25) is 0 Å². The van der Waals surface area contributed by atoms with Crippen molar-refractivity contribution in [2.24, 2.45) is 0 Å². The van der Waals surface area contributed by atoms with Crippen LogP contribution in [0.25, 0.3) is 0 Å². The van der Waals surface area contributed by atoms with E-state index < -0.39 is 11.4 Å². The van der Waals surface area contributed by atoms with Crippen molar-refractivity contribution in [3.63, 3.8) is 0 Å². The predicted octanol–water partition coefficient (Wildman–Crippen LogP) is 5.35. The lowest BCUT2D eigenvalue weighted by atomic mass is 9.89. The molecule has 20 heavy (non-hydrogen) atoms. The van der Waals surface area contributed by atoms with E-state index in [4.69, 9.17) is 23.2 Å². The summed E-state index contributed by atoms with van der Waals surface area (Å²) in [5.74, 6) is -0.511. The number of benzene rings is 2. The lowest BCUT2D eigenvalue weighted by Crippen LogP contribution is -2.25. The van der Waals surface area contributed by atoms with Gasteiger partial charge in [-0.15, -0.1) is 0 Å². The third-order valence-corrected chi connectivity index (χ3v) is 4.18. The van der Waals surface area contributed by atoms with Crippen LogP contribution in [0.4, 0.5) is 4.39 Å². The monoisotopic (exact) mass is 376 g/mol. The van der Waals surface area contributed by atoms with Gasteiger partial charge >= 0.3 is 0 Å². The Labute approximate surface area is 135 Å². The summed E-state index contributed by atoms with van der Waals surface area (Å²) in [6, 6.07) is 9.92. The Balaban J connectivity index is 2.38. The molecule has 0 heterocycles. The van der Waals surface area contributed by atoms with Crippen LogP contribution in [0.3, 0.4) is 0 Å². The van der Waals surface area contributed by atoms with Crippen LogP contribution in [0, 0.1) is 5.82 Å². The molecule has 0 amide bonds. The van der Waals surface area contributed by atoms with E-state index in [0.717, 1.165) is 4.47 Å². The van der Waals surface area contributed by atoms with Gasteiger partial charge in [0, 0.05) is 21.5 Å². The molecule has 0 bridgehead atoms. The second-order valence-corrected chi connectivity index (χ2v) is 6.52. The zero-order valence-corrected chi connectivity index (χ0v) is 13.7. The van der Waals surface area contributed by atoms with E-state index in [2.05, 4.69) is 15.9 Å². The lowest BCUT2D eigenvalue weighted by molar-refractivity contribution is 0.0568. The van der Waals surface area contributed by atoms with Gasteiger partial charge in [-0.05, 0) is 30.7 Å². The Morgan fingerprint density at radius 1 is 1.20 bits per heavy atom. The van der Waals surface area contributed by atoms with Gasteiger partial charge in [0.15, 0.2) is 0 Å². The van der Waals surface area contributed by atoms with Crippen LogP contribution in [0.1, 0.15) is 18.1 Å². The van der Waals surface area contributed by atoms with Crippen molar-refractivity contribution < 1.29 is 9.50 Å². The molecule has 106 valence electrons. The van der Waals surface area contributed by atoms with Crippen molar-refractivity contribution in [3.8, 4) is 0 Å². The van der Waals surface area contributed by atoms with E-state index in [1.807, 2.05) is 0 Å². The molecule has 2 aromatic rings. The van der Waals surface area contributed by atoms with Crippen LogP contribution in [0.15, 0.2) is 40.9 Å². The van der Waals surface area contributed by atoms with Crippen LogP contribution in [-0.2, 0) is 12.0 Å². The number of hydrogen-bond donors (Lipinski definition) is 1. The summed E-state index contributed by atoms with van der Waals surface area (Å²) in [6.45, 7) is 1.60. The van der Waals surface area contributed by atoms with Gasteiger partial charge in [-0.1, -0.05) is 57.3 Å². The molecule has 1 unspecified atom stereocenters. The Morgan fingerprint density at radius 2 is 1.90 bits per heavy atom. The van der Waals surface area contributed by atoms with E-state index in [9.17, 15) is 9.50 Å². The Morgan fingerprint density at radius 3 is 2.55 bits per heavy atom. The summed E-state index contributed by atoms with van der Waals surface area (Å²) in [6.07, 6.45) is 0.0841. The lowest BCUT2D eigenvalue weighted by Gasteiger charge is -2.25. The Bertz CT molecular complexity index is 644. The van der Waals surface area contributed by atoms with Crippen molar-refractivity contribution in [3.05, 3.63) is 67.9 Å². The second-order valence-electron chi connectivity index (χ2n) is 4.79. The third kappa shape index (κ3) is 3.34. The maximum Gasteiger partial charge on any atom is 0.145 e. The summed E-state index contributed by atoms with van der Waals surface area (Å²) >= 11 is 15.2. The summed E-state index contributed by atoms with van der Waals surface area (Å²) in [5, 5.41) is 11.1. The maximum absolute atomic E-state index is 13.9. The van der Waals surface area contributed by atoms with Crippen LogP contribution in [-0.4, -0.2) is 5.11 Å². The molecule has 0 saturated heterocycles. The predicted molar refractivity (Wildman–Crippen MR) is 83.8 cm³/mol. The molecule has 0 aliphatic rings. The van der Waals surface area contributed by atoms with Gasteiger partial charge in [0.2, 0.25) is 0 Å². The number of halogens is 4. The normalized spacial score (nSPS) is 14.1. The molecule has 1 N–H and O–H groups in total. The third-order valence-electron chi connectivity index (χ3n) is 3.08. The zero-order valence-electron chi connectivity index (χ0n) is 10.6. The molecule has 0 aliphatic heterocycles. The fourth-order valence-corrected chi connectivity index (χ4v) is 3.15. The van der Waals surface area contributed by atoms with Crippen molar-refractivity contribution in [2.45, 2.75) is 18.9 Å². The van der Waals surface area contributed by atoms with E-state index in [1.54, 1.807) is 37.3 Å². The minimum atomic E-state index is -1.29. The quantitative estimate of drug-likeness (QED) is 0.764. The first kappa shape index (κ1) is 15.8. The molecule has 1 atom stereocenters. The highest BCUT2D eigenvalue weighted by atomic mass is 79.9. The summed E-state index contributed by atoms with van der Waals surface area (Å²) in [5.41, 5.74) is -0.397. The number of aliphatic hydroxyl groups is 1. The molecule has 0 aliphatic carbocycles. The SMILES string of the molecule is CC(O)(Cc1cccc(Cl)c1F)c1ccc(Br)cc1Cl. The first-order valence-electron chi connectivity index (χ1n) is 5.92. The zero-order chi connectivity index (χ0) is 14.9. The van der Waals surface area contributed by atoms with Crippen LogP contribution in [0.2, 0.25) is 10.0 Å². The van der Waals surface area contributed by atoms with Crippen molar-refractivity contribution in [2.75, 3.05) is 0 Å². The number of hydrogen-bond acceptors (Lipinski definition) is 1. The molecule has 0 saturated carbocycles. The highest BCUT2D eigenvalue weighted by Gasteiger charge is 2.27. The van der Waals surface area contributed by atoms with Crippen LogP contribution >= 0.6 is 39.1 Å². The minimum absolute atomic E-state index is 0.0419. The summed E-state index contributed by atoms with van der Waals surface area (Å²) < 4.78 is 14.7. The summed E-state index contributed by atoms with van der Waals surface area (Å²) in [4.78, 5) is 0. The minimum Gasteiger partial charge on any atom is -0.385 e. The standard InChI is InChI=1S/C15H12BrCl2FO/c1-15(20,11-6-5-10(16)7-13(11)18)8-9-3-2-4-12(17)14(9)19/h2-7,20H,8H2,1H3. The number of rotatable bonds is 3. The molecular weight excluding hydrogens is 366 g/mol. The molecule has 0 radical (unpaired) electrons. The molecule has 5 heteroatoms.